The molecule has 1 aliphatic heterocycles. The van der Waals surface area contributed by atoms with Crippen LogP contribution in [0.5, 0.6) is 5.75 Å². The molecule has 2 amide bonds. The topological polar surface area (TPSA) is 46.6 Å². The van der Waals surface area contributed by atoms with Crippen LogP contribution in [0, 0.1) is 0 Å². The van der Waals surface area contributed by atoms with E-state index in [0.717, 1.165) is 16.7 Å². The second-order valence-electron chi connectivity index (χ2n) is 4.87. The minimum atomic E-state index is -0.376. The summed E-state index contributed by atoms with van der Waals surface area (Å²) in [5.41, 5.74) is 1.15. The van der Waals surface area contributed by atoms with Crippen molar-refractivity contribution in [1.29, 1.82) is 0 Å². The standard InChI is InChI=1S/C17H11Cl2NO3S/c1-23-15-12(18)7-10(8-13(15)19)9-14-16(21)20(17(22)24-14)11-5-3-2-4-6-11/h2-9H,1H3/b14-9+. The van der Waals surface area contributed by atoms with Crippen LogP contribution in [0.25, 0.3) is 6.08 Å². The van der Waals surface area contributed by atoms with Crippen LogP contribution < -0.4 is 9.64 Å². The van der Waals surface area contributed by atoms with Crippen molar-refractivity contribution in [3.63, 3.8) is 0 Å². The lowest BCUT2D eigenvalue weighted by Crippen LogP contribution is -2.27. The van der Waals surface area contributed by atoms with Gasteiger partial charge in [0.05, 0.1) is 27.7 Å². The third-order valence-corrected chi connectivity index (χ3v) is 4.76. The Labute approximate surface area is 153 Å². The SMILES string of the molecule is COc1c(Cl)cc(/C=C2/SC(=O)N(c3ccccc3)C2=O)cc1Cl. The van der Waals surface area contributed by atoms with Crippen LogP contribution in [0.2, 0.25) is 10.0 Å². The maximum atomic E-state index is 12.5. The van der Waals surface area contributed by atoms with Crippen LogP contribution in [0.4, 0.5) is 10.5 Å². The average Bonchev–Trinajstić information content (AvgIpc) is 2.82. The summed E-state index contributed by atoms with van der Waals surface area (Å²) in [6.07, 6.45) is 1.59. The zero-order chi connectivity index (χ0) is 17.3. The van der Waals surface area contributed by atoms with Gasteiger partial charge in [0.25, 0.3) is 11.1 Å². The number of hydrogen-bond acceptors (Lipinski definition) is 4. The van der Waals surface area contributed by atoms with Crippen LogP contribution in [-0.2, 0) is 4.79 Å². The smallest absolute Gasteiger partial charge is 0.298 e. The molecule has 4 nitrogen and oxygen atoms in total. The molecule has 2 aromatic carbocycles. The second-order valence-corrected chi connectivity index (χ2v) is 6.68. The van der Waals surface area contributed by atoms with Gasteiger partial charge in [0.2, 0.25) is 0 Å². The summed E-state index contributed by atoms with van der Waals surface area (Å²) in [6, 6.07) is 12.0. The highest BCUT2D eigenvalue weighted by atomic mass is 35.5. The molecule has 1 saturated heterocycles. The highest BCUT2D eigenvalue weighted by Crippen LogP contribution is 2.38. The minimum Gasteiger partial charge on any atom is -0.494 e. The van der Waals surface area contributed by atoms with E-state index in [1.54, 1.807) is 42.5 Å². The van der Waals surface area contributed by atoms with E-state index >= 15 is 0 Å². The maximum absolute atomic E-state index is 12.5. The molecule has 2 aromatic rings. The number of carbonyl (C=O) groups excluding carboxylic acids is 2. The molecule has 0 spiro atoms. The molecule has 0 aromatic heterocycles. The number of halogens is 2. The lowest BCUT2D eigenvalue weighted by molar-refractivity contribution is -0.113. The first-order valence-corrected chi connectivity index (χ1v) is 8.44. The Morgan fingerprint density at radius 3 is 2.29 bits per heavy atom. The third kappa shape index (κ3) is 3.15. The number of thioether (sulfide) groups is 1. The zero-order valence-electron chi connectivity index (χ0n) is 12.5. The van der Waals surface area contributed by atoms with E-state index in [9.17, 15) is 9.59 Å². The van der Waals surface area contributed by atoms with Crippen molar-refractivity contribution in [3.05, 3.63) is 63.0 Å². The first-order valence-electron chi connectivity index (χ1n) is 6.87. The van der Waals surface area contributed by atoms with Crippen molar-refractivity contribution in [3.8, 4) is 5.75 Å². The molecule has 0 unspecified atom stereocenters. The van der Waals surface area contributed by atoms with Crippen molar-refractivity contribution in [2.24, 2.45) is 0 Å². The molecule has 0 atom stereocenters. The fourth-order valence-corrected chi connectivity index (χ4v) is 3.78. The molecule has 24 heavy (non-hydrogen) atoms. The first kappa shape index (κ1) is 16.9. The number of ether oxygens (including phenoxy) is 1. The summed E-state index contributed by atoms with van der Waals surface area (Å²) in [7, 11) is 1.47. The number of imide groups is 1. The minimum absolute atomic E-state index is 0.307. The van der Waals surface area contributed by atoms with Crippen molar-refractivity contribution >= 4 is 57.9 Å². The Morgan fingerprint density at radius 1 is 1.08 bits per heavy atom. The van der Waals surface area contributed by atoms with Gasteiger partial charge in [0.15, 0.2) is 5.75 Å². The Balaban J connectivity index is 1.95. The van der Waals surface area contributed by atoms with E-state index in [1.807, 2.05) is 6.07 Å². The van der Waals surface area contributed by atoms with Gasteiger partial charge < -0.3 is 4.74 Å². The van der Waals surface area contributed by atoms with Gasteiger partial charge in [-0.1, -0.05) is 41.4 Å². The highest BCUT2D eigenvalue weighted by Gasteiger charge is 2.36. The molecule has 1 fully saturated rings. The third-order valence-electron chi connectivity index (χ3n) is 3.33. The first-order chi connectivity index (χ1) is 11.5. The van der Waals surface area contributed by atoms with E-state index < -0.39 is 0 Å². The molecule has 0 saturated carbocycles. The number of methoxy groups -OCH3 is 1. The highest BCUT2D eigenvalue weighted by molar-refractivity contribution is 8.19. The number of para-hydroxylation sites is 1. The lowest BCUT2D eigenvalue weighted by Gasteiger charge is -2.11. The van der Waals surface area contributed by atoms with Crippen LogP contribution >= 0.6 is 35.0 Å². The Bertz CT molecular complexity index is 829. The molecule has 7 heteroatoms. The normalized spacial score (nSPS) is 16.1. The number of rotatable bonds is 3. The van der Waals surface area contributed by atoms with Crippen LogP contribution in [0.3, 0.4) is 0 Å². The molecule has 0 radical (unpaired) electrons. The van der Waals surface area contributed by atoms with E-state index in [1.165, 1.54) is 7.11 Å². The fourth-order valence-electron chi connectivity index (χ4n) is 2.28. The van der Waals surface area contributed by atoms with Crippen molar-refractivity contribution in [1.82, 2.24) is 0 Å². The Morgan fingerprint density at radius 2 is 1.71 bits per heavy atom. The zero-order valence-corrected chi connectivity index (χ0v) is 14.8. The predicted molar refractivity (Wildman–Crippen MR) is 97.9 cm³/mol. The number of benzene rings is 2. The molecule has 1 aliphatic rings. The van der Waals surface area contributed by atoms with E-state index in [-0.39, 0.29) is 11.1 Å². The van der Waals surface area contributed by atoms with Gasteiger partial charge in [-0.25, -0.2) is 4.90 Å². The largest absolute Gasteiger partial charge is 0.494 e. The van der Waals surface area contributed by atoms with Crippen molar-refractivity contribution in [2.75, 3.05) is 12.0 Å². The summed E-state index contributed by atoms with van der Waals surface area (Å²) >= 11 is 13.1. The van der Waals surface area contributed by atoms with Crippen molar-refractivity contribution < 1.29 is 14.3 Å². The summed E-state index contributed by atoms with van der Waals surface area (Å²) in [5, 5.41) is 0.320. The molecule has 0 aliphatic carbocycles. The summed E-state index contributed by atoms with van der Waals surface area (Å²) in [5.74, 6) is -0.00728. The van der Waals surface area contributed by atoms with Crippen LogP contribution in [0.15, 0.2) is 47.4 Å². The quantitative estimate of drug-likeness (QED) is 0.683. The van der Waals surface area contributed by atoms with Gasteiger partial charge >= 0.3 is 0 Å². The summed E-state index contributed by atoms with van der Waals surface area (Å²) < 4.78 is 5.09. The number of carbonyl (C=O) groups is 2. The lowest BCUT2D eigenvalue weighted by atomic mass is 10.2. The van der Waals surface area contributed by atoms with E-state index in [4.69, 9.17) is 27.9 Å². The average molecular weight is 380 g/mol. The number of anilines is 1. The van der Waals surface area contributed by atoms with Crippen LogP contribution in [0.1, 0.15) is 5.56 Å². The fraction of sp³-hybridized carbons (Fsp3) is 0.0588. The van der Waals surface area contributed by atoms with Gasteiger partial charge in [-0.3, -0.25) is 9.59 Å². The second kappa shape index (κ2) is 6.89. The van der Waals surface area contributed by atoms with Gasteiger partial charge in [-0.05, 0) is 47.7 Å². The van der Waals surface area contributed by atoms with E-state index in [2.05, 4.69) is 0 Å². The number of nitrogens with zero attached hydrogens (tertiary/aromatic N) is 1. The summed E-state index contributed by atoms with van der Waals surface area (Å²) in [6.45, 7) is 0. The molecular formula is C17H11Cl2NO3S. The van der Waals surface area contributed by atoms with Gasteiger partial charge in [0, 0.05) is 0 Å². The molecular weight excluding hydrogens is 369 g/mol. The van der Waals surface area contributed by atoms with Crippen molar-refractivity contribution in [2.45, 2.75) is 0 Å². The van der Waals surface area contributed by atoms with Gasteiger partial charge in [-0.2, -0.15) is 0 Å². The molecule has 122 valence electrons. The molecule has 0 bridgehead atoms. The molecule has 0 N–H and O–H groups in total. The monoisotopic (exact) mass is 379 g/mol. The summed E-state index contributed by atoms with van der Waals surface area (Å²) in [4.78, 5) is 26.2. The van der Waals surface area contributed by atoms with Crippen LogP contribution in [-0.4, -0.2) is 18.3 Å². The Kier molecular flexibility index (Phi) is 4.85. The van der Waals surface area contributed by atoms with Gasteiger partial charge in [-0.15, -0.1) is 0 Å². The molecule has 3 rings (SSSR count). The number of amides is 2. The maximum Gasteiger partial charge on any atom is 0.298 e. The predicted octanol–water partition coefficient (Wildman–Crippen LogP) is 5.24. The Hall–Kier alpha value is -1.95. The molecule has 1 heterocycles. The number of hydrogen-bond donors (Lipinski definition) is 0. The van der Waals surface area contributed by atoms with E-state index in [0.29, 0.717) is 32.0 Å². The van der Waals surface area contributed by atoms with Gasteiger partial charge in [0.1, 0.15) is 0 Å².